The fourth-order valence-electron chi connectivity index (χ4n) is 1.68. The summed E-state index contributed by atoms with van der Waals surface area (Å²) >= 11 is 0. The van der Waals surface area contributed by atoms with Crippen molar-refractivity contribution in [1.82, 2.24) is 9.62 Å². The lowest BCUT2D eigenvalue weighted by Gasteiger charge is -2.17. The summed E-state index contributed by atoms with van der Waals surface area (Å²) in [5, 5.41) is 3.01. The number of hydrogen-bond donors (Lipinski definition) is 1. The normalized spacial score (nSPS) is 11.8. The first-order chi connectivity index (χ1) is 8.43. The Hall–Kier alpha value is -1.17. The SMILES string of the molecule is C=CCN(C)S(=O)(=O)c1cc(CNC)ccc1C. The van der Waals surface area contributed by atoms with Crippen molar-refractivity contribution in [3.63, 3.8) is 0 Å². The van der Waals surface area contributed by atoms with Crippen LogP contribution in [0.25, 0.3) is 0 Å². The van der Waals surface area contributed by atoms with Gasteiger partial charge in [0.05, 0.1) is 4.90 Å². The Morgan fingerprint density at radius 1 is 1.44 bits per heavy atom. The molecule has 1 aromatic carbocycles. The molecule has 0 spiro atoms. The summed E-state index contributed by atoms with van der Waals surface area (Å²) in [6, 6.07) is 5.49. The quantitative estimate of drug-likeness (QED) is 0.796. The van der Waals surface area contributed by atoms with Gasteiger partial charge in [-0.05, 0) is 31.2 Å². The standard InChI is InChI=1S/C13H20N2O2S/c1-5-8-15(4)18(16,17)13-9-12(10-14-3)7-6-11(13)2/h5-7,9,14H,1,8,10H2,2-4H3. The summed E-state index contributed by atoms with van der Waals surface area (Å²) in [5.74, 6) is 0. The maximum Gasteiger partial charge on any atom is 0.243 e. The van der Waals surface area contributed by atoms with Crippen LogP contribution in [0.3, 0.4) is 0 Å². The molecule has 0 bridgehead atoms. The summed E-state index contributed by atoms with van der Waals surface area (Å²) < 4.78 is 26.0. The Bertz CT molecular complexity index is 524. The first-order valence-electron chi connectivity index (χ1n) is 5.75. The van der Waals surface area contributed by atoms with E-state index in [4.69, 9.17) is 0 Å². The van der Waals surface area contributed by atoms with E-state index in [-0.39, 0.29) is 0 Å². The van der Waals surface area contributed by atoms with E-state index in [2.05, 4.69) is 11.9 Å². The Morgan fingerprint density at radius 2 is 2.11 bits per heavy atom. The van der Waals surface area contributed by atoms with Crippen molar-refractivity contribution in [3.05, 3.63) is 42.0 Å². The molecular formula is C13H20N2O2S. The van der Waals surface area contributed by atoms with Gasteiger partial charge in [-0.3, -0.25) is 0 Å². The molecule has 0 aliphatic carbocycles. The van der Waals surface area contributed by atoms with Crippen molar-refractivity contribution >= 4 is 10.0 Å². The molecule has 0 atom stereocenters. The molecule has 0 radical (unpaired) electrons. The van der Waals surface area contributed by atoms with E-state index in [1.165, 1.54) is 4.31 Å². The van der Waals surface area contributed by atoms with Gasteiger partial charge < -0.3 is 5.32 Å². The lowest BCUT2D eigenvalue weighted by molar-refractivity contribution is 0.498. The van der Waals surface area contributed by atoms with Crippen LogP contribution in [0.1, 0.15) is 11.1 Å². The molecule has 1 aromatic rings. The zero-order chi connectivity index (χ0) is 13.8. The minimum atomic E-state index is -3.44. The molecule has 18 heavy (non-hydrogen) atoms. The molecule has 0 heterocycles. The topological polar surface area (TPSA) is 49.4 Å². The fraction of sp³-hybridized carbons (Fsp3) is 0.385. The van der Waals surface area contributed by atoms with E-state index in [0.29, 0.717) is 18.0 Å². The lowest BCUT2D eigenvalue weighted by Crippen LogP contribution is -2.27. The molecule has 0 amide bonds. The molecule has 0 aromatic heterocycles. The molecule has 100 valence electrons. The van der Waals surface area contributed by atoms with Gasteiger partial charge in [-0.2, -0.15) is 4.31 Å². The van der Waals surface area contributed by atoms with Gasteiger partial charge in [-0.1, -0.05) is 18.2 Å². The molecule has 0 fully saturated rings. The second-order valence-corrected chi connectivity index (χ2v) is 6.22. The first-order valence-corrected chi connectivity index (χ1v) is 7.19. The number of nitrogens with one attached hydrogen (secondary N) is 1. The van der Waals surface area contributed by atoms with Crippen molar-refractivity contribution < 1.29 is 8.42 Å². The average molecular weight is 268 g/mol. The van der Waals surface area contributed by atoms with Crippen LogP contribution in [0.5, 0.6) is 0 Å². The van der Waals surface area contributed by atoms with Crippen molar-refractivity contribution in [2.45, 2.75) is 18.4 Å². The highest BCUT2D eigenvalue weighted by Gasteiger charge is 2.21. The Morgan fingerprint density at radius 3 is 2.67 bits per heavy atom. The maximum absolute atomic E-state index is 12.4. The third-order valence-electron chi connectivity index (χ3n) is 2.71. The smallest absolute Gasteiger partial charge is 0.243 e. The minimum Gasteiger partial charge on any atom is -0.316 e. The van der Waals surface area contributed by atoms with Crippen molar-refractivity contribution in [3.8, 4) is 0 Å². The van der Waals surface area contributed by atoms with E-state index < -0.39 is 10.0 Å². The van der Waals surface area contributed by atoms with Crippen LogP contribution in [-0.2, 0) is 16.6 Å². The average Bonchev–Trinajstić information content (AvgIpc) is 2.32. The predicted molar refractivity (Wildman–Crippen MR) is 74.0 cm³/mol. The number of aryl methyl sites for hydroxylation is 1. The molecule has 1 rings (SSSR count). The van der Waals surface area contributed by atoms with E-state index in [1.54, 1.807) is 26.1 Å². The number of sulfonamides is 1. The highest BCUT2D eigenvalue weighted by Crippen LogP contribution is 2.20. The molecule has 0 aliphatic heterocycles. The highest BCUT2D eigenvalue weighted by molar-refractivity contribution is 7.89. The van der Waals surface area contributed by atoms with Crippen LogP contribution in [0.4, 0.5) is 0 Å². The van der Waals surface area contributed by atoms with Gasteiger partial charge in [0, 0.05) is 20.1 Å². The molecule has 4 nitrogen and oxygen atoms in total. The Kier molecular flexibility index (Phi) is 5.07. The summed E-state index contributed by atoms with van der Waals surface area (Å²) in [7, 11) is -0.0504. The maximum atomic E-state index is 12.4. The zero-order valence-electron chi connectivity index (χ0n) is 11.1. The number of nitrogens with zero attached hydrogens (tertiary/aromatic N) is 1. The third kappa shape index (κ3) is 3.19. The highest BCUT2D eigenvalue weighted by atomic mass is 32.2. The van der Waals surface area contributed by atoms with Gasteiger partial charge in [0.15, 0.2) is 0 Å². The van der Waals surface area contributed by atoms with Gasteiger partial charge in [0.1, 0.15) is 0 Å². The van der Waals surface area contributed by atoms with Crippen LogP contribution >= 0.6 is 0 Å². The Balaban J connectivity index is 3.22. The van der Waals surface area contributed by atoms with Crippen molar-refractivity contribution in [2.24, 2.45) is 0 Å². The van der Waals surface area contributed by atoms with Crippen LogP contribution in [0.15, 0.2) is 35.7 Å². The fourth-order valence-corrected chi connectivity index (χ4v) is 3.10. The molecule has 0 aliphatic rings. The Labute approximate surface area is 109 Å². The molecule has 5 heteroatoms. The van der Waals surface area contributed by atoms with Crippen LogP contribution in [0, 0.1) is 6.92 Å². The van der Waals surface area contributed by atoms with E-state index >= 15 is 0 Å². The van der Waals surface area contributed by atoms with Gasteiger partial charge in [0.25, 0.3) is 0 Å². The number of benzene rings is 1. The first kappa shape index (κ1) is 14.9. The van der Waals surface area contributed by atoms with Crippen LogP contribution < -0.4 is 5.32 Å². The number of likely N-dealkylation sites (N-methyl/N-ethyl adjacent to an activating group) is 1. The third-order valence-corrected chi connectivity index (χ3v) is 4.67. The second kappa shape index (κ2) is 6.13. The molecule has 0 unspecified atom stereocenters. The molecule has 0 saturated carbocycles. The minimum absolute atomic E-state index is 0.304. The summed E-state index contributed by atoms with van der Waals surface area (Å²) in [6.45, 7) is 6.31. The predicted octanol–water partition coefficient (Wildman–Crippen LogP) is 1.52. The lowest BCUT2D eigenvalue weighted by atomic mass is 10.1. The number of rotatable bonds is 6. The van der Waals surface area contributed by atoms with E-state index in [9.17, 15) is 8.42 Å². The molecular weight excluding hydrogens is 248 g/mol. The molecule has 1 N–H and O–H groups in total. The second-order valence-electron chi connectivity index (χ2n) is 4.20. The summed E-state index contributed by atoms with van der Waals surface area (Å²) in [6.07, 6.45) is 1.57. The van der Waals surface area contributed by atoms with Gasteiger partial charge in [0.2, 0.25) is 10.0 Å². The molecule has 0 saturated heterocycles. The van der Waals surface area contributed by atoms with Crippen molar-refractivity contribution in [1.29, 1.82) is 0 Å². The van der Waals surface area contributed by atoms with Crippen LogP contribution in [0.2, 0.25) is 0 Å². The zero-order valence-corrected chi connectivity index (χ0v) is 11.9. The number of hydrogen-bond acceptors (Lipinski definition) is 3. The van der Waals surface area contributed by atoms with E-state index in [0.717, 1.165) is 11.1 Å². The van der Waals surface area contributed by atoms with E-state index in [1.807, 2.05) is 19.2 Å². The summed E-state index contributed by atoms with van der Waals surface area (Å²) in [5.41, 5.74) is 1.71. The van der Waals surface area contributed by atoms with Crippen LogP contribution in [-0.4, -0.2) is 33.4 Å². The monoisotopic (exact) mass is 268 g/mol. The van der Waals surface area contributed by atoms with Gasteiger partial charge in [-0.25, -0.2) is 8.42 Å². The van der Waals surface area contributed by atoms with Gasteiger partial charge in [-0.15, -0.1) is 6.58 Å². The van der Waals surface area contributed by atoms with Crippen molar-refractivity contribution in [2.75, 3.05) is 20.6 Å². The van der Waals surface area contributed by atoms with Gasteiger partial charge >= 0.3 is 0 Å². The summed E-state index contributed by atoms with van der Waals surface area (Å²) in [4.78, 5) is 0.361. The largest absolute Gasteiger partial charge is 0.316 e.